The predicted octanol–water partition coefficient (Wildman–Crippen LogP) is 4.47. The first-order chi connectivity index (χ1) is 13.4. The SMILES string of the molecule is CCOc1ccc(C(=O)Nc2ccc(NC(C)=O)cc2)cc1COCC(C)C. The predicted molar refractivity (Wildman–Crippen MR) is 111 cm³/mol. The highest BCUT2D eigenvalue weighted by Crippen LogP contribution is 2.23. The molecule has 0 heterocycles. The first-order valence-electron chi connectivity index (χ1n) is 9.41. The van der Waals surface area contributed by atoms with Crippen molar-refractivity contribution < 1.29 is 19.1 Å². The van der Waals surface area contributed by atoms with Crippen molar-refractivity contribution in [1.82, 2.24) is 0 Å². The summed E-state index contributed by atoms with van der Waals surface area (Å²) < 4.78 is 11.4. The molecule has 0 saturated heterocycles. The minimum Gasteiger partial charge on any atom is -0.494 e. The third-order valence-electron chi connectivity index (χ3n) is 3.79. The van der Waals surface area contributed by atoms with Crippen LogP contribution in [0.5, 0.6) is 5.75 Å². The van der Waals surface area contributed by atoms with E-state index in [1.807, 2.05) is 6.92 Å². The number of anilines is 2. The summed E-state index contributed by atoms with van der Waals surface area (Å²) in [6.45, 7) is 9.12. The molecule has 0 saturated carbocycles. The van der Waals surface area contributed by atoms with Gasteiger partial charge in [0.1, 0.15) is 5.75 Å². The van der Waals surface area contributed by atoms with E-state index in [4.69, 9.17) is 9.47 Å². The lowest BCUT2D eigenvalue weighted by Crippen LogP contribution is -2.13. The Labute approximate surface area is 166 Å². The van der Waals surface area contributed by atoms with Crippen LogP contribution in [0.4, 0.5) is 11.4 Å². The van der Waals surface area contributed by atoms with Crippen LogP contribution in [0.25, 0.3) is 0 Å². The number of rotatable bonds is 9. The normalized spacial score (nSPS) is 10.6. The number of nitrogens with one attached hydrogen (secondary N) is 2. The van der Waals surface area contributed by atoms with Crippen molar-refractivity contribution in [3.05, 3.63) is 53.6 Å². The van der Waals surface area contributed by atoms with Crippen molar-refractivity contribution in [2.75, 3.05) is 23.8 Å². The van der Waals surface area contributed by atoms with Crippen LogP contribution in [-0.2, 0) is 16.1 Å². The van der Waals surface area contributed by atoms with Gasteiger partial charge in [0.15, 0.2) is 0 Å². The van der Waals surface area contributed by atoms with Gasteiger partial charge in [-0.1, -0.05) is 13.8 Å². The Balaban J connectivity index is 2.09. The molecule has 2 aromatic rings. The van der Waals surface area contributed by atoms with Gasteiger partial charge in [-0.2, -0.15) is 0 Å². The van der Waals surface area contributed by atoms with Crippen molar-refractivity contribution in [3.8, 4) is 5.75 Å². The first kappa shape index (κ1) is 21.4. The molecule has 28 heavy (non-hydrogen) atoms. The Bertz CT molecular complexity index is 801. The lowest BCUT2D eigenvalue weighted by atomic mass is 10.1. The van der Waals surface area contributed by atoms with Crippen LogP contribution in [-0.4, -0.2) is 25.0 Å². The molecule has 2 amide bonds. The zero-order valence-corrected chi connectivity index (χ0v) is 16.9. The van der Waals surface area contributed by atoms with E-state index in [0.717, 1.165) is 11.3 Å². The van der Waals surface area contributed by atoms with Crippen molar-refractivity contribution in [3.63, 3.8) is 0 Å². The minimum absolute atomic E-state index is 0.140. The topological polar surface area (TPSA) is 76.7 Å². The van der Waals surface area contributed by atoms with E-state index in [1.165, 1.54) is 6.92 Å². The van der Waals surface area contributed by atoms with Gasteiger partial charge in [0, 0.05) is 36.0 Å². The molecule has 2 aromatic carbocycles. The van der Waals surface area contributed by atoms with Gasteiger partial charge >= 0.3 is 0 Å². The van der Waals surface area contributed by atoms with Crippen LogP contribution in [0.15, 0.2) is 42.5 Å². The molecule has 2 rings (SSSR count). The Morgan fingerprint density at radius 3 is 2.21 bits per heavy atom. The Morgan fingerprint density at radius 2 is 1.64 bits per heavy atom. The molecule has 0 atom stereocenters. The maximum Gasteiger partial charge on any atom is 0.255 e. The summed E-state index contributed by atoms with van der Waals surface area (Å²) >= 11 is 0. The summed E-state index contributed by atoms with van der Waals surface area (Å²) in [6, 6.07) is 12.3. The lowest BCUT2D eigenvalue weighted by molar-refractivity contribution is -0.114. The molecule has 0 aliphatic carbocycles. The zero-order valence-electron chi connectivity index (χ0n) is 16.9. The van der Waals surface area contributed by atoms with Crippen LogP contribution >= 0.6 is 0 Å². The summed E-state index contributed by atoms with van der Waals surface area (Å²) in [4.78, 5) is 23.7. The van der Waals surface area contributed by atoms with Crippen LogP contribution < -0.4 is 15.4 Å². The number of carbonyl (C=O) groups is 2. The van der Waals surface area contributed by atoms with E-state index in [0.29, 0.717) is 42.7 Å². The molecule has 0 fully saturated rings. The molecule has 0 spiro atoms. The van der Waals surface area contributed by atoms with Crippen LogP contribution in [0.1, 0.15) is 43.6 Å². The van der Waals surface area contributed by atoms with Crippen LogP contribution in [0.3, 0.4) is 0 Å². The molecule has 0 aromatic heterocycles. The second kappa shape index (κ2) is 10.5. The largest absolute Gasteiger partial charge is 0.494 e. The Hall–Kier alpha value is -2.86. The monoisotopic (exact) mass is 384 g/mol. The molecule has 0 bridgehead atoms. The standard InChI is InChI=1S/C22H28N2O4/c1-5-28-21-11-6-17(12-18(21)14-27-13-15(2)3)22(26)24-20-9-7-19(8-10-20)23-16(4)25/h6-12,15H,5,13-14H2,1-4H3,(H,23,25)(H,24,26). The first-order valence-corrected chi connectivity index (χ1v) is 9.41. The summed E-state index contributed by atoms with van der Waals surface area (Å²) in [5.74, 6) is 0.795. The number of amides is 2. The summed E-state index contributed by atoms with van der Waals surface area (Å²) in [5.41, 5.74) is 2.69. The molecule has 0 aliphatic heterocycles. The summed E-state index contributed by atoms with van der Waals surface area (Å²) in [5, 5.41) is 5.55. The molecule has 150 valence electrons. The van der Waals surface area contributed by atoms with Crippen molar-refractivity contribution in [1.29, 1.82) is 0 Å². The molecular weight excluding hydrogens is 356 g/mol. The summed E-state index contributed by atoms with van der Waals surface area (Å²) in [7, 11) is 0. The quantitative estimate of drug-likeness (QED) is 0.669. The Morgan fingerprint density at radius 1 is 1.00 bits per heavy atom. The smallest absolute Gasteiger partial charge is 0.255 e. The van der Waals surface area contributed by atoms with E-state index < -0.39 is 0 Å². The van der Waals surface area contributed by atoms with Gasteiger partial charge in [0.05, 0.1) is 13.2 Å². The lowest BCUT2D eigenvalue weighted by Gasteiger charge is -2.14. The number of hydrogen-bond donors (Lipinski definition) is 2. The molecule has 6 heteroatoms. The highest BCUT2D eigenvalue weighted by Gasteiger charge is 2.12. The fourth-order valence-electron chi connectivity index (χ4n) is 2.58. The highest BCUT2D eigenvalue weighted by molar-refractivity contribution is 6.04. The second-order valence-corrected chi connectivity index (χ2v) is 6.88. The number of hydrogen-bond acceptors (Lipinski definition) is 4. The van der Waals surface area contributed by atoms with E-state index in [1.54, 1.807) is 42.5 Å². The number of carbonyl (C=O) groups excluding carboxylic acids is 2. The highest BCUT2D eigenvalue weighted by atomic mass is 16.5. The third-order valence-corrected chi connectivity index (χ3v) is 3.79. The van der Waals surface area contributed by atoms with E-state index in [9.17, 15) is 9.59 Å². The van der Waals surface area contributed by atoms with Gasteiger partial charge in [-0.3, -0.25) is 9.59 Å². The second-order valence-electron chi connectivity index (χ2n) is 6.88. The maximum atomic E-state index is 12.6. The number of ether oxygens (including phenoxy) is 2. The van der Waals surface area contributed by atoms with E-state index in [2.05, 4.69) is 24.5 Å². The van der Waals surface area contributed by atoms with Gasteiger partial charge in [0.25, 0.3) is 5.91 Å². The van der Waals surface area contributed by atoms with Crippen LogP contribution in [0.2, 0.25) is 0 Å². The van der Waals surface area contributed by atoms with Gasteiger partial charge in [0.2, 0.25) is 5.91 Å². The van der Waals surface area contributed by atoms with Gasteiger partial charge in [-0.25, -0.2) is 0 Å². The van der Waals surface area contributed by atoms with Gasteiger partial charge < -0.3 is 20.1 Å². The van der Waals surface area contributed by atoms with Crippen LogP contribution in [0, 0.1) is 5.92 Å². The van der Waals surface area contributed by atoms with E-state index >= 15 is 0 Å². The minimum atomic E-state index is -0.222. The fraction of sp³-hybridized carbons (Fsp3) is 0.364. The van der Waals surface area contributed by atoms with Crippen molar-refractivity contribution in [2.45, 2.75) is 34.3 Å². The fourth-order valence-corrected chi connectivity index (χ4v) is 2.58. The average Bonchev–Trinajstić information content (AvgIpc) is 2.64. The van der Waals surface area contributed by atoms with Crippen molar-refractivity contribution in [2.24, 2.45) is 5.92 Å². The average molecular weight is 384 g/mol. The van der Waals surface area contributed by atoms with E-state index in [-0.39, 0.29) is 11.8 Å². The van der Waals surface area contributed by atoms with Gasteiger partial charge in [-0.05, 0) is 55.3 Å². The summed E-state index contributed by atoms with van der Waals surface area (Å²) in [6.07, 6.45) is 0. The molecular formula is C22H28N2O4. The van der Waals surface area contributed by atoms with Crippen molar-refractivity contribution >= 4 is 23.2 Å². The maximum absolute atomic E-state index is 12.6. The molecule has 2 N–H and O–H groups in total. The molecule has 0 aliphatic rings. The number of benzene rings is 2. The third kappa shape index (κ3) is 6.70. The molecule has 0 radical (unpaired) electrons. The molecule has 0 unspecified atom stereocenters. The zero-order chi connectivity index (χ0) is 20.5. The van der Waals surface area contributed by atoms with Gasteiger partial charge in [-0.15, -0.1) is 0 Å². The molecule has 6 nitrogen and oxygen atoms in total. The Kier molecular flexibility index (Phi) is 8.02.